The van der Waals surface area contributed by atoms with E-state index in [0.29, 0.717) is 5.75 Å². The Balaban J connectivity index is 1.90. The summed E-state index contributed by atoms with van der Waals surface area (Å²) >= 11 is 0. The molecule has 0 heterocycles. The molecule has 6 heteroatoms. The zero-order valence-corrected chi connectivity index (χ0v) is 11.9. The summed E-state index contributed by atoms with van der Waals surface area (Å²) in [7, 11) is 1.49. The van der Waals surface area contributed by atoms with Gasteiger partial charge in [0.15, 0.2) is 6.61 Å². The predicted molar refractivity (Wildman–Crippen MR) is 74.7 cm³/mol. The zero-order chi connectivity index (χ0) is 16.1. The maximum atomic E-state index is 13.5. The van der Waals surface area contributed by atoms with Gasteiger partial charge in [-0.15, -0.1) is 0 Å². The van der Waals surface area contributed by atoms with Crippen LogP contribution in [-0.4, -0.2) is 24.5 Å². The first kappa shape index (κ1) is 15.9. The van der Waals surface area contributed by atoms with Crippen LogP contribution in [0.2, 0.25) is 0 Å². The van der Waals surface area contributed by atoms with Crippen LogP contribution in [0.4, 0.5) is 13.2 Å². The van der Waals surface area contributed by atoms with Crippen LogP contribution in [-0.2, 0) is 11.3 Å². The Morgan fingerprint density at radius 3 is 2.32 bits per heavy atom. The van der Waals surface area contributed by atoms with E-state index in [0.717, 1.165) is 12.1 Å². The van der Waals surface area contributed by atoms with Crippen LogP contribution in [0.5, 0.6) is 5.75 Å². The molecule has 0 aliphatic heterocycles. The number of likely N-dealkylation sites (N-methyl/N-ethyl adjacent to an activating group) is 1. The molecule has 2 aromatic rings. The molecule has 0 aliphatic carbocycles. The highest BCUT2D eigenvalue weighted by Gasteiger charge is 2.13. The lowest BCUT2D eigenvalue weighted by atomic mass is 10.2. The summed E-state index contributed by atoms with van der Waals surface area (Å²) in [5.41, 5.74) is 0.207. The molecule has 1 amide bonds. The van der Waals surface area contributed by atoms with Gasteiger partial charge in [-0.1, -0.05) is 6.07 Å². The number of hydrogen-bond acceptors (Lipinski definition) is 2. The van der Waals surface area contributed by atoms with Crippen molar-refractivity contribution in [2.45, 2.75) is 6.54 Å². The first-order valence-corrected chi connectivity index (χ1v) is 6.52. The first-order valence-electron chi connectivity index (χ1n) is 6.52. The van der Waals surface area contributed by atoms with Crippen molar-refractivity contribution in [3.05, 3.63) is 65.5 Å². The van der Waals surface area contributed by atoms with Gasteiger partial charge in [-0.2, -0.15) is 0 Å². The highest BCUT2D eigenvalue weighted by atomic mass is 19.1. The summed E-state index contributed by atoms with van der Waals surface area (Å²) in [6.45, 7) is -0.261. The van der Waals surface area contributed by atoms with Crippen LogP contribution < -0.4 is 4.74 Å². The van der Waals surface area contributed by atoms with E-state index in [1.54, 1.807) is 0 Å². The largest absolute Gasteiger partial charge is 0.484 e. The smallest absolute Gasteiger partial charge is 0.260 e. The highest BCUT2D eigenvalue weighted by molar-refractivity contribution is 5.77. The molecule has 3 nitrogen and oxygen atoms in total. The quantitative estimate of drug-likeness (QED) is 0.849. The van der Waals surface area contributed by atoms with Gasteiger partial charge < -0.3 is 9.64 Å². The fourth-order valence-electron chi connectivity index (χ4n) is 1.78. The van der Waals surface area contributed by atoms with Crippen molar-refractivity contribution in [3.63, 3.8) is 0 Å². The molecule has 0 fully saturated rings. The third-order valence-corrected chi connectivity index (χ3v) is 3.02. The molecule has 0 unspecified atom stereocenters. The van der Waals surface area contributed by atoms with Crippen molar-refractivity contribution in [2.24, 2.45) is 0 Å². The maximum absolute atomic E-state index is 13.5. The fraction of sp³-hybridized carbons (Fsp3) is 0.188. The Kier molecular flexibility index (Phi) is 5.04. The topological polar surface area (TPSA) is 29.5 Å². The number of ether oxygens (including phenoxy) is 1. The van der Waals surface area contributed by atoms with Crippen molar-refractivity contribution in [2.75, 3.05) is 13.7 Å². The van der Waals surface area contributed by atoms with E-state index in [9.17, 15) is 18.0 Å². The summed E-state index contributed by atoms with van der Waals surface area (Å²) in [5.74, 6) is -1.80. The lowest BCUT2D eigenvalue weighted by Crippen LogP contribution is -2.31. The van der Waals surface area contributed by atoms with Crippen molar-refractivity contribution in [1.29, 1.82) is 0 Å². The summed E-state index contributed by atoms with van der Waals surface area (Å²) in [4.78, 5) is 13.2. The zero-order valence-electron chi connectivity index (χ0n) is 11.9. The minimum Gasteiger partial charge on any atom is -0.484 e. The minimum atomic E-state index is -0.709. The summed E-state index contributed by atoms with van der Waals surface area (Å²) < 4.78 is 44.3. The average molecular weight is 309 g/mol. The van der Waals surface area contributed by atoms with E-state index in [1.807, 2.05) is 0 Å². The lowest BCUT2D eigenvalue weighted by molar-refractivity contribution is -0.132. The molecular weight excluding hydrogens is 295 g/mol. The Morgan fingerprint density at radius 2 is 1.68 bits per heavy atom. The molecule has 0 saturated heterocycles. The second-order valence-electron chi connectivity index (χ2n) is 4.73. The molecule has 0 spiro atoms. The number of rotatable bonds is 5. The number of hydrogen-bond donors (Lipinski definition) is 0. The second kappa shape index (κ2) is 6.98. The standard InChI is InChI=1S/C16H14F3NO2/c1-20(9-11-2-3-13(18)8-15(11)19)16(21)10-22-14-6-4-12(17)5-7-14/h2-8H,9-10H2,1H3. The number of benzene rings is 2. The molecule has 22 heavy (non-hydrogen) atoms. The first-order chi connectivity index (χ1) is 10.5. The van der Waals surface area contributed by atoms with E-state index >= 15 is 0 Å². The lowest BCUT2D eigenvalue weighted by Gasteiger charge is -2.18. The van der Waals surface area contributed by atoms with Crippen molar-refractivity contribution >= 4 is 5.91 Å². The van der Waals surface area contributed by atoms with Gasteiger partial charge in [0.1, 0.15) is 23.2 Å². The monoisotopic (exact) mass is 309 g/mol. The Morgan fingerprint density at radius 1 is 1.05 bits per heavy atom. The van der Waals surface area contributed by atoms with Gasteiger partial charge in [0, 0.05) is 25.2 Å². The molecule has 0 aliphatic rings. The number of amides is 1. The minimum absolute atomic E-state index is 0.00226. The molecule has 0 bridgehead atoms. The van der Waals surface area contributed by atoms with E-state index in [-0.39, 0.29) is 24.6 Å². The SMILES string of the molecule is CN(Cc1ccc(F)cc1F)C(=O)COc1ccc(F)cc1. The average Bonchev–Trinajstić information content (AvgIpc) is 2.49. The van der Waals surface area contributed by atoms with Crippen LogP contribution in [0.15, 0.2) is 42.5 Å². The van der Waals surface area contributed by atoms with E-state index in [2.05, 4.69) is 0 Å². The molecule has 0 saturated carbocycles. The molecule has 2 rings (SSSR count). The van der Waals surface area contributed by atoms with Crippen molar-refractivity contribution in [3.8, 4) is 5.75 Å². The highest BCUT2D eigenvalue weighted by Crippen LogP contribution is 2.13. The predicted octanol–water partition coefficient (Wildman–Crippen LogP) is 3.14. The Bertz CT molecular complexity index is 659. The molecule has 2 aromatic carbocycles. The van der Waals surface area contributed by atoms with Crippen molar-refractivity contribution < 1.29 is 22.7 Å². The molecular formula is C16H14F3NO2. The van der Waals surface area contributed by atoms with Gasteiger partial charge in [-0.3, -0.25) is 4.79 Å². The van der Waals surface area contributed by atoms with Gasteiger partial charge >= 0.3 is 0 Å². The van der Waals surface area contributed by atoms with E-state index in [1.165, 1.54) is 42.3 Å². The van der Waals surface area contributed by atoms with Gasteiger partial charge in [-0.25, -0.2) is 13.2 Å². The van der Waals surface area contributed by atoms with Crippen LogP contribution >= 0.6 is 0 Å². The van der Waals surface area contributed by atoms with Crippen molar-refractivity contribution in [1.82, 2.24) is 4.90 Å². The van der Waals surface area contributed by atoms with Gasteiger partial charge in [0.2, 0.25) is 0 Å². The normalized spacial score (nSPS) is 10.4. The molecule has 0 N–H and O–H groups in total. The summed E-state index contributed by atoms with van der Waals surface area (Å²) in [6.07, 6.45) is 0. The maximum Gasteiger partial charge on any atom is 0.260 e. The third kappa shape index (κ3) is 4.25. The van der Waals surface area contributed by atoms with Gasteiger partial charge in [-0.05, 0) is 30.3 Å². The van der Waals surface area contributed by atoms with Gasteiger partial charge in [0.25, 0.3) is 5.91 Å². The summed E-state index contributed by atoms with van der Waals surface area (Å²) in [6, 6.07) is 8.43. The van der Waals surface area contributed by atoms with Crippen LogP contribution in [0.1, 0.15) is 5.56 Å². The third-order valence-electron chi connectivity index (χ3n) is 3.02. The fourth-order valence-corrected chi connectivity index (χ4v) is 1.78. The van der Waals surface area contributed by atoms with E-state index in [4.69, 9.17) is 4.74 Å². The number of carbonyl (C=O) groups excluding carboxylic acids is 1. The molecule has 0 radical (unpaired) electrons. The molecule has 116 valence electrons. The number of carbonyl (C=O) groups is 1. The molecule has 0 atom stereocenters. The number of halogens is 3. The number of nitrogens with zero attached hydrogens (tertiary/aromatic N) is 1. The van der Waals surface area contributed by atoms with Crippen LogP contribution in [0, 0.1) is 17.5 Å². The van der Waals surface area contributed by atoms with Crippen LogP contribution in [0.3, 0.4) is 0 Å². The molecule has 0 aromatic heterocycles. The summed E-state index contributed by atoms with van der Waals surface area (Å²) in [5, 5.41) is 0. The second-order valence-corrected chi connectivity index (χ2v) is 4.73. The van der Waals surface area contributed by atoms with E-state index < -0.39 is 17.5 Å². The Hall–Kier alpha value is -2.50. The Labute approximate surface area is 125 Å². The van der Waals surface area contributed by atoms with Crippen LogP contribution in [0.25, 0.3) is 0 Å². The van der Waals surface area contributed by atoms with Gasteiger partial charge in [0.05, 0.1) is 0 Å².